The second-order valence-electron chi connectivity index (χ2n) is 7.14. The Morgan fingerprint density at radius 3 is 2.28 bits per heavy atom. The van der Waals surface area contributed by atoms with Gasteiger partial charge in [0.2, 0.25) is 5.91 Å². The van der Waals surface area contributed by atoms with Crippen LogP contribution >= 0.6 is 11.6 Å². The van der Waals surface area contributed by atoms with E-state index < -0.39 is 22.6 Å². The van der Waals surface area contributed by atoms with E-state index in [1.165, 1.54) is 36.7 Å². The van der Waals surface area contributed by atoms with E-state index in [0.717, 1.165) is 4.90 Å². The lowest BCUT2D eigenvalue weighted by Gasteiger charge is -2.16. The number of halogens is 1. The van der Waals surface area contributed by atoms with Gasteiger partial charge in [-0.2, -0.15) is 5.10 Å². The van der Waals surface area contributed by atoms with Gasteiger partial charge in [-0.1, -0.05) is 23.7 Å². The van der Waals surface area contributed by atoms with Crippen LogP contribution in [0.2, 0.25) is 5.02 Å². The number of amides is 3. The fourth-order valence-electron chi connectivity index (χ4n) is 3.62. The Morgan fingerprint density at radius 1 is 1.12 bits per heavy atom. The first-order valence-electron chi connectivity index (χ1n) is 9.44. The summed E-state index contributed by atoms with van der Waals surface area (Å²) in [7, 11) is 0. The lowest BCUT2D eigenvalue weighted by atomic mass is 10.1. The van der Waals surface area contributed by atoms with E-state index in [-0.39, 0.29) is 34.3 Å². The van der Waals surface area contributed by atoms with E-state index in [0.29, 0.717) is 16.8 Å². The number of carbonyl (C=O) groups excluding carboxylic acids is 3. The number of carbonyl (C=O) groups is 3. The fraction of sp³-hybridized carbons (Fsp3) is 0.143. The summed E-state index contributed by atoms with van der Waals surface area (Å²) in [6.45, 7) is 2.77. The SMILES string of the molecule is Cc1nn(CC(=O)Nc2ccc(N3C(=O)c4ccccc4C3=O)c(Cl)c2)c(C)c1[N+](=O)[O-]. The Hall–Kier alpha value is -4.05. The zero-order valence-corrected chi connectivity index (χ0v) is 17.7. The van der Waals surface area contributed by atoms with Crippen molar-refractivity contribution in [1.82, 2.24) is 9.78 Å². The highest BCUT2D eigenvalue weighted by molar-refractivity contribution is 6.40. The van der Waals surface area contributed by atoms with Gasteiger partial charge < -0.3 is 5.32 Å². The van der Waals surface area contributed by atoms with Crippen LogP contribution in [-0.4, -0.2) is 32.4 Å². The number of nitrogens with one attached hydrogen (secondary N) is 1. The molecule has 0 spiro atoms. The van der Waals surface area contributed by atoms with Crippen molar-refractivity contribution in [2.45, 2.75) is 20.4 Å². The number of anilines is 2. The number of imide groups is 1. The molecule has 0 saturated carbocycles. The molecule has 0 unspecified atom stereocenters. The Bertz CT molecular complexity index is 1280. The van der Waals surface area contributed by atoms with Crippen molar-refractivity contribution in [3.05, 3.63) is 80.1 Å². The van der Waals surface area contributed by atoms with Crippen LogP contribution in [0.1, 0.15) is 32.1 Å². The molecule has 1 aliphatic heterocycles. The Morgan fingerprint density at radius 2 is 1.75 bits per heavy atom. The first-order chi connectivity index (χ1) is 15.2. The normalized spacial score (nSPS) is 12.8. The molecule has 0 radical (unpaired) electrons. The van der Waals surface area contributed by atoms with E-state index in [9.17, 15) is 24.5 Å². The van der Waals surface area contributed by atoms with Crippen molar-refractivity contribution in [2.75, 3.05) is 10.2 Å². The number of hydrogen-bond acceptors (Lipinski definition) is 6. The number of rotatable bonds is 5. The van der Waals surface area contributed by atoms with Crippen LogP contribution in [0.5, 0.6) is 0 Å². The van der Waals surface area contributed by atoms with Crippen LogP contribution in [-0.2, 0) is 11.3 Å². The number of aromatic nitrogens is 2. The third-order valence-electron chi connectivity index (χ3n) is 5.09. The first kappa shape index (κ1) is 21.2. The number of hydrogen-bond donors (Lipinski definition) is 1. The fourth-order valence-corrected chi connectivity index (χ4v) is 3.88. The number of aryl methyl sites for hydroxylation is 1. The predicted octanol–water partition coefficient (Wildman–Crippen LogP) is 3.50. The first-order valence-corrected chi connectivity index (χ1v) is 9.82. The summed E-state index contributed by atoms with van der Waals surface area (Å²) in [5, 5.41) is 17.9. The van der Waals surface area contributed by atoms with Crippen LogP contribution in [0.4, 0.5) is 17.1 Å². The van der Waals surface area contributed by atoms with Crippen molar-refractivity contribution < 1.29 is 19.3 Å². The topological polar surface area (TPSA) is 127 Å². The average Bonchev–Trinajstić information content (AvgIpc) is 3.15. The minimum Gasteiger partial charge on any atom is -0.324 e. The maximum atomic E-state index is 12.7. The molecule has 0 atom stereocenters. The van der Waals surface area contributed by atoms with E-state index in [4.69, 9.17) is 11.6 Å². The van der Waals surface area contributed by atoms with E-state index in [1.807, 2.05) is 0 Å². The monoisotopic (exact) mass is 453 g/mol. The maximum Gasteiger partial charge on any atom is 0.312 e. The molecule has 10 nitrogen and oxygen atoms in total. The molecule has 0 aliphatic carbocycles. The van der Waals surface area contributed by atoms with Crippen LogP contribution in [0.25, 0.3) is 0 Å². The van der Waals surface area contributed by atoms with Crippen molar-refractivity contribution >= 4 is 46.4 Å². The number of nitrogens with zero attached hydrogens (tertiary/aromatic N) is 4. The molecule has 0 bridgehead atoms. The van der Waals surface area contributed by atoms with Gasteiger partial charge in [0, 0.05) is 5.69 Å². The van der Waals surface area contributed by atoms with Crippen LogP contribution < -0.4 is 10.2 Å². The van der Waals surface area contributed by atoms with Gasteiger partial charge in [-0.05, 0) is 44.2 Å². The molecule has 11 heteroatoms. The second kappa shape index (κ2) is 7.89. The zero-order valence-electron chi connectivity index (χ0n) is 17.0. The largest absolute Gasteiger partial charge is 0.324 e. The summed E-state index contributed by atoms with van der Waals surface area (Å²) >= 11 is 6.32. The molecular weight excluding hydrogens is 438 g/mol. The molecule has 0 fully saturated rings. The number of nitro groups is 1. The summed E-state index contributed by atoms with van der Waals surface area (Å²) in [5.41, 5.74) is 1.47. The van der Waals surface area contributed by atoms with E-state index in [1.54, 1.807) is 24.3 Å². The summed E-state index contributed by atoms with van der Waals surface area (Å²) in [4.78, 5) is 49.3. The van der Waals surface area contributed by atoms with Crippen molar-refractivity contribution in [2.24, 2.45) is 0 Å². The molecule has 3 amide bonds. The highest BCUT2D eigenvalue weighted by Crippen LogP contribution is 2.34. The lowest BCUT2D eigenvalue weighted by molar-refractivity contribution is -0.386. The Balaban J connectivity index is 1.52. The zero-order chi connectivity index (χ0) is 23.2. The van der Waals surface area contributed by atoms with E-state index >= 15 is 0 Å². The highest BCUT2D eigenvalue weighted by atomic mass is 35.5. The van der Waals surface area contributed by atoms with Gasteiger partial charge in [0.25, 0.3) is 11.8 Å². The second-order valence-corrected chi connectivity index (χ2v) is 7.55. The number of fused-ring (bicyclic) bond motifs is 1. The summed E-state index contributed by atoms with van der Waals surface area (Å²) in [5.74, 6) is -1.43. The third-order valence-corrected chi connectivity index (χ3v) is 5.39. The molecule has 3 aromatic rings. The summed E-state index contributed by atoms with van der Waals surface area (Å²) < 4.78 is 1.25. The Kier molecular flexibility index (Phi) is 5.23. The quantitative estimate of drug-likeness (QED) is 0.357. The number of benzene rings is 2. The summed E-state index contributed by atoms with van der Waals surface area (Å²) in [6.07, 6.45) is 0. The van der Waals surface area contributed by atoms with Gasteiger partial charge in [-0.25, -0.2) is 4.90 Å². The highest BCUT2D eigenvalue weighted by Gasteiger charge is 2.37. The predicted molar refractivity (Wildman–Crippen MR) is 116 cm³/mol. The molecule has 1 aromatic heterocycles. The molecule has 1 aliphatic rings. The van der Waals surface area contributed by atoms with Crippen molar-refractivity contribution in [3.63, 3.8) is 0 Å². The lowest BCUT2D eigenvalue weighted by Crippen LogP contribution is -2.29. The van der Waals surface area contributed by atoms with Crippen molar-refractivity contribution in [3.8, 4) is 0 Å². The maximum absolute atomic E-state index is 12.7. The van der Waals surface area contributed by atoms with Crippen molar-refractivity contribution in [1.29, 1.82) is 0 Å². The van der Waals surface area contributed by atoms with Gasteiger partial charge in [0.05, 0.1) is 26.8 Å². The molecule has 1 N–H and O–H groups in total. The molecule has 32 heavy (non-hydrogen) atoms. The van der Waals surface area contributed by atoms with Crippen LogP contribution in [0.3, 0.4) is 0 Å². The Labute approximate surface area is 186 Å². The smallest absolute Gasteiger partial charge is 0.312 e. The molecular formula is C21H16ClN5O5. The summed E-state index contributed by atoms with van der Waals surface area (Å²) in [6, 6.07) is 10.9. The van der Waals surface area contributed by atoms with Gasteiger partial charge >= 0.3 is 5.69 Å². The molecule has 4 rings (SSSR count). The minimum absolute atomic E-state index is 0.0964. The molecule has 2 heterocycles. The molecule has 162 valence electrons. The van der Waals surface area contributed by atoms with Gasteiger partial charge in [-0.3, -0.25) is 29.2 Å². The van der Waals surface area contributed by atoms with Gasteiger partial charge in [0.15, 0.2) is 0 Å². The van der Waals surface area contributed by atoms with Crippen LogP contribution in [0, 0.1) is 24.0 Å². The average molecular weight is 454 g/mol. The molecule has 2 aromatic carbocycles. The van der Waals surface area contributed by atoms with Gasteiger partial charge in [0.1, 0.15) is 17.9 Å². The molecule has 0 saturated heterocycles. The third kappa shape index (κ3) is 3.50. The minimum atomic E-state index is -0.538. The standard InChI is InChI=1S/C21H16ClN5O5/c1-11-19(27(31)32)12(2)25(24-11)10-18(28)23-13-7-8-17(16(22)9-13)26-20(29)14-5-3-4-6-15(14)21(26)30/h3-9H,10H2,1-2H3,(H,23,28). The van der Waals surface area contributed by atoms with Gasteiger partial charge in [-0.15, -0.1) is 0 Å². The van der Waals surface area contributed by atoms with Crippen LogP contribution in [0.15, 0.2) is 42.5 Å². The van der Waals surface area contributed by atoms with E-state index in [2.05, 4.69) is 10.4 Å².